The van der Waals surface area contributed by atoms with Crippen molar-refractivity contribution in [3.05, 3.63) is 40.1 Å². The fraction of sp³-hybridized carbons (Fsp3) is 0.471. The Morgan fingerprint density at radius 2 is 1.95 bits per heavy atom. The predicted molar refractivity (Wildman–Crippen MR) is 80.9 cm³/mol. The van der Waals surface area contributed by atoms with Crippen molar-refractivity contribution in [1.29, 1.82) is 0 Å². The number of nitrogens with two attached hydrogens (primary N) is 1. The van der Waals surface area contributed by atoms with E-state index >= 15 is 0 Å². The van der Waals surface area contributed by atoms with Crippen LogP contribution < -0.4 is 11.2 Å². The lowest BCUT2D eigenvalue weighted by molar-refractivity contribution is 0.339. The molecule has 0 bridgehead atoms. The first-order valence-electron chi connectivity index (χ1n) is 7.54. The Hall–Kier alpha value is -1.77. The van der Waals surface area contributed by atoms with Gasteiger partial charge in [0.05, 0.1) is 5.56 Å². The minimum absolute atomic E-state index is 0.0323. The molecule has 1 fully saturated rings. The van der Waals surface area contributed by atoms with Crippen LogP contribution in [0.1, 0.15) is 44.1 Å². The minimum Gasteiger partial charge on any atom is -0.441 e. The van der Waals surface area contributed by atoms with Gasteiger partial charge in [0.15, 0.2) is 11.3 Å². The van der Waals surface area contributed by atoms with E-state index in [1.165, 1.54) is 38.5 Å². The Morgan fingerprint density at radius 3 is 2.75 bits per heavy atom. The highest BCUT2D eigenvalue weighted by atomic mass is 16.3. The first-order valence-corrected chi connectivity index (χ1v) is 7.54. The number of fused-ring (bicyclic) bond motifs is 1. The summed E-state index contributed by atoms with van der Waals surface area (Å²) in [4.78, 5) is 12.1. The van der Waals surface area contributed by atoms with Crippen LogP contribution in [0.3, 0.4) is 0 Å². The number of anilines is 1. The van der Waals surface area contributed by atoms with Gasteiger partial charge in [0.1, 0.15) is 5.76 Å². The van der Waals surface area contributed by atoms with E-state index in [-0.39, 0.29) is 5.43 Å². The van der Waals surface area contributed by atoms with Crippen molar-refractivity contribution in [3.8, 4) is 11.3 Å². The van der Waals surface area contributed by atoms with Crippen molar-refractivity contribution >= 4 is 5.88 Å². The van der Waals surface area contributed by atoms with Crippen LogP contribution in [-0.4, -0.2) is 0 Å². The smallest absolute Gasteiger partial charge is 0.190 e. The van der Waals surface area contributed by atoms with E-state index in [0.717, 1.165) is 17.9 Å². The molecular formula is C17H21NO2. The van der Waals surface area contributed by atoms with E-state index in [1.54, 1.807) is 18.2 Å². The number of hydrogen-bond acceptors (Lipinski definition) is 3. The number of aryl methyl sites for hydroxylation is 1. The van der Waals surface area contributed by atoms with Crippen LogP contribution in [-0.2, 0) is 6.42 Å². The second-order valence-electron chi connectivity index (χ2n) is 5.89. The Morgan fingerprint density at radius 1 is 1.15 bits per heavy atom. The number of benzene rings is 1. The van der Waals surface area contributed by atoms with Gasteiger partial charge in [-0.1, -0.05) is 32.1 Å². The zero-order valence-corrected chi connectivity index (χ0v) is 11.7. The maximum Gasteiger partial charge on any atom is 0.190 e. The summed E-state index contributed by atoms with van der Waals surface area (Å²) < 4.78 is 5.45. The molecule has 1 saturated carbocycles. The van der Waals surface area contributed by atoms with Gasteiger partial charge in [-0.05, 0) is 48.6 Å². The Bertz CT molecular complexity index is 611. The lowest BCUT2D eigenvalue weighted by Crippen LogP contribution is -2.10. The van der Waals surface area contributed by atoms with Gasteiger partial charge < -0.3 is 10.2 Å². The van der Waals surface area contributed by atoms with E-state index in [4.69, 9.17) is 10.2 Å². The lowest BCUT2D eigenvalue weighted by atomic mass is 9.85. The molecular weight excluding hydrogens is 250 g/mol. The second-order valence-corrected chi connectivity index (χ2v) is 5.89. The van der Waals surface area contributed by atoms with Gasteiger partial charge in [0.2, 0.25) is 0 Å². The molecule has 0 saturated heterocycles. The highest BCUT2D eigenvalue weighted by Crippen LogP contribution is 2.28. The van der Waals surface area contributed by atoms with Crippen LogP contribution in [0.15, 0.2) is 33.5 Å². The molecule has 0 radical (unpaired) electrons. The normalized spacial score (nSPS) is 16.6. The molecule has 3 nitrogen and oxygen atoms in total. The molecule has 0 spiro atoms. The van der Waals surface area contributed by atoms with E-state index in [9.17, 15) is 4.79 Å². The maximum absolute atomic E-state index is 12.1. The summed E-state index contributed by atoms with van der Waals surface area (Å²) in [6.07, 6.45) is 8.93. The molecule has 2 N–H and O–H groups in total. The standard InChI is InChI=1S/C17H21NO2/c18-17-9-8-14-15(19)10-13(11-16(14)20-17)7-6-12-4-2-1-3-5-12/h8-12H,1-7,18H2. The highest BCUT2D eigenvalue weighted by molar-refractivity contribution is 5.61. The fourth-order valence-electron chi connectivity index (χ4n) is 3.22. The Labute approximate surface area is 119 Å². The van der Waals surface area contributed by atoms with Crippen molar-refractivity contribution in [2.45, 2.75) is 44.9 Å². The lowest BCUT2D eigenvalue weighted by Gasteiger charge is -2.21. The van der Waals surface area contributed by atoms with Crippen molar-refractivity contribution in [2.24, 2.45) is 5.92 Å². The van der Waals surface area contributed by atoms with Gasteiger partial charge in [-0.15, -0.1) is 0 Å². The predicted octanol–water partition coefficient (Wildman–Crippen LogP) is 3.84. The summed E-state index contributed by atoms with van der Waals surface area (Å²) in [5.41, 5.74) is 7.36. The third-order valence-electron chi connectivity index (χ3n) is 4.37. The second kappa shape index (κ2) is 5.70. The van der Waals surface area contributed by atoms with Gasteiger partial charge in [-0.3, -0.25) is 4.79 Å². The van der Waals surface area contributed by atoms with E-state index in [2.05, 4.69) is 0 Å². The van der Waals surface area contributed by atoms with Crippen molar-refractivity contribution in [2.75, 3.05) is 5.73 Å². The molecule has 3 rings (SSSR count). The highest BCUT2D eigenvalue weighted by Gasteiger charge is 2.15. The summed E-state index contributed by atoms with van der Waals surface area (Å²) in [5.74, 6) is 1.78. The molecule has 2 aliphatic carbocycles. The quantitative estimate of drug-likeness (QED) is 0.922. The molecule has 0 aromatic carbocycles. The summed E-state index contributed by atoms with van der Waals surface area (Å²) >= 11 is 0. The van der Waals surface area contributed by atoms with Crippen LogP contribution in [0.5, 0.6) is 0 Å². The topological polar surface area (TPSA) is 56.2 Å². The molecule has 20 heavy (non-hydrogen) atoms. The third kappa shape index (κ3) is 2.87. The molecule has 3 aliphatic rings. The Balaban J connectivity index is 1.78. The van der Waals surface area contributed by atoms with Crippen molar-refractivity contribution in [3.63, 3.8) is 0 Å². The summed E-state index contributed by atoms with van der Waals surface area (Å²) in [6.45, 7) is 0. The summed E-state index contributed by atoms with van der Waals surface area (Å²) in [6, 6.07) is 7.08. The Kier molecular flexibility index (Phi) is 3.77. The van der Waals surface area contributed by atoms with Crippen LogP contribution in [0.2, 0.25) is 0 Å². The van der Waals surface area contributed by atoms with Crippen molar-refractivity contribution < 1.29 is 4.42 Å². The summed E-state index contributed by atoms with van der Waals surface area (Å²) in [5, 5.41) is 0. The average Bonchev–Trinajstić information content (AvgIpc) is 2.46. The van der Waals surface area contributed by atoms with Gasteiger partial charge in [0, 0.05) is 0 Å². The van der Waals surface area contributed by atoms with Gasteiger partial charge >= 0.3 is 0 Å². The molecule has 0 aromatic rings. The number of hydrogen-bond donors (Lipinski definition) is 1. The van der Waals surface area contributed by atoms with Crippen LogP contribution in [0, 0.1) is 5.92 Å². The van der Waals surface area contributed by atoms with Crippen LogP contribution >= 0.6 is 0 Å². The molecule has 1 heterocycles. The SMILES string of the molecule is Nc1ccc2c(=O)cc(CCC3CCCCC3)cc-2o1. The fourth-order valence-corrected chi connectivity index (χ4v) is 3.22. The third-order valence-corrected chi connectivity index (χ3v) is 4.37. The zero-order chi connectivity index (χ0) is 13.9. The minimum atomic E-state index is 0.0323. The molecule has 106 valence electrons. The maximum atomic E-state index is 12.1. The average molecular weight is 271 g/mol. The molecule has 3 heteroatoms. The molecule has 0 aromatic heterocycles. The van der Waals surface area contributed by atoms with Gasteiger partial charge in [-0.2, -0.15) is 0 Å². The van der Waals surface area contributed by atoms with Crippen LogP contribution in [0.25, 0.3) is 11.3 Å². The number of rotatable bonds is 3. The van der Waals surface area contributed by atoms with E-state index < -0.39 is 0 Å². The largest absolute Gasteiger partial charge is 0.441 e. The van der Waals surface area contributed by atoms with E-state index in [0.29, 0.717) is 17.2 Å². The monoisotopic (exact) mass is 271 g/mol. The van der Waals surface area contributed by atoms with Gasteiger partial charge in [-0.25, -0.2) is 0 Å². The van der Waals surface area contributed by atoms with Crippen LogP contribution in [0.4, 0.5) is 5.88 Å². The zero-order valence-electron chi connectivity index (χ0n) is 11.7. The molecule has 0 atom stereocenters. The van der Waals surface area contributed by atoms with Gasteiger partial charge in [0.25, 0.3) is 0 Å². The first-order chi connectivity index (χ1) is 9.72. The first kappa shape index (κ1) is 13.2. The molecule has 0 amide bonds. The molecule has 1 aliphatic heterocycles. The van der Waals surface area contributed by atoms with E-state index in [1.807, 2.05) is 6.07 Å². The molecule has 0 unspecified atom stereocenters. The summed E-state index contributed by atoms with van der Waals surface area (Å²) in [7, 11) is 0. The van der Waals surface area contributed by atoms with Crippen molar-refractivity contribution in [1.82, 2.24) is 0 Å². The number of nitrogen functional groups attached to an aromatic ring is 1.